The number of rotatable bonds is 6. The Kier molecular flexibility index (Phi) is 5.05. The van der Waals surface area contributed by atoms with Gasteiger partial charge >= 0.3 is 5.97 Å². The Labute approximate surface area is 153 Å². The van der Waals surface area contributed by atoms with E-state index in [0.29, 0.717) is 0 Å². The lowest BCUT2D eigenvalue weighted by atomic mass is 10.1. The Balaban J connectivity index is 1.99. The van der Waals surface area contributed by atoms with Crippen LogP contribution in [0.5, 0.6) is 17.2 Å². The highest BCUT2D eigenvalue weighted by Crippen LogP contribution is 2.48. The van der Waals surface area contributed by atoms with Crippen LogP contribution in [-0.4, -0.2) is 32.9 Å². The quantitative estimate of drug-likeness (QED) is 0.438. The number of phenolic OH excluding ortho intramolecular Hbond substituents is 1. The summed E-state index contributed by atoms with van der Waals surface area (Å²) in [6.07, 6.45) is 2.43. The van der Waals surface area contributed by atoms with Gasteiger partial charge in [0.15, 0.2) is 11.5 Å². The summed E-state index contributed by atoms with van der Waals surface area (Å²) in [7, 11) is -3.83. The predicted molar refractivity (Wildman–Crippen MR) is 95.0 cm³/mol. The molecule has 0 amide bonds. The molecular formula is C16H15NO7S2. The molecule has 138 valence electrons. The third-order valence-electron chi connectivity index (χ3n) is 3.34. The first-order valence-electron chi connectivity index (χ1n) is 7.49. The van der Waals surface area contributed by atoms with Crippen LogP contribution in [0.25, 0.3) is 6.08 Å². The maximum atomic E-state index is 12.5. The van der Waals surface area contributed by atoms with Gasteiger partial charge in [-0.05, 0) is 30.5 Å². The Morgan fingerprint density at radius 3 is 2.88 bits per heavy atom. The second-order valence-corrected chi connectivity index (χ2v) is 7.91. The molecule has 0 saturated heterocycles. The number of nitrogens with one attached hydrogen (secondary N) is 1. The van der Waals surface area contributed by atoms with Gasteiger partial charge in [-0.25, -0.2) is 13.2 Å². The van der Waals surface area contributed by atoms with E-state index in [4.69, 9.17) is 14.2 Å². The zero-order valence-electron chi connectivity index (χ0n) is 13.6. The number of thiophene rings is 1. The minimum atomic E-state index is -3.83. The normalized spacial score (nSPS) is 13.1. The number of carbonyl (C=O) groups is 1. The van der Waals surface area contributed by atoms with Crippen LogP contribution in [-0.2, 0) is 19.6 Å². The molecule has 3 rings (SSSR count). The van der Waals surface area contributed by atoms with Gasteiger partial charge in [0.2, 0.25) is 12.5 Å². The molecule has 0 spiro atoms. The molecule has 0 unspecified atom stereocenters. The van der Waals surface area contributed by atoms with Gasteiger partial charge in [0.05, 0.1) is 12.3 Å². The van der Waals surface area contributed by atoms with Crippen molar-refractivity contribution in [3.8, 4) is 17.2 Å². The summed E-state index contributed by atoms with van der Waals surface area (Å²) in [5, 5.41) is 11.9. The molecule has 2 heterocycles. The van der Waals surface area contributed by atoms with Crippen molar-refractivity contribution in [3.05, 3.63) is 35.2 Å². The second-order valence-electron chi connectivity index (χ2n) is 5.05. The van der Waals surface area contributed by atoms with Crippen molar-refractivity contribution in [3.63, 3.8) is 0 Å². The number of ether oxygens (including phenoxy) is 3. The lowest BCUT2D eigenvalue weighted by molar-refractivity contribution is -0.137. The highest BCUT2D eigenvalue weighted by Gasteiger charge is 2.27. The Bertz CT molecular complexity index is 949. The molecular weight excluding hydrogens is 382 g/mol. The number of hydrogen-bond donors (Lipinski definition) is 2. The topological polar surface area (TPSA) is 111 Å². The maximum absolute atomic E-state index is 12.5. The zero-order valence-corrected chi connectivity index (χ0v) is 15.2. The highest BCUT2D eigenvalue weighted by molar-refractivity contribution is 7.94. The number of fused-ring (bicyclic) bond motifs is 1. The molecule has 0 aliphatic carbocycles. The molecule has 2 aromatic rings. The van der Waals surface area contributed by atoms with Gasteiger partial charge in [-0.3, -0.25) is 4.72 Å². The molecule has 0 fully saturated rings. The van der Waals surface area contributed by atoms with Crippen molar-refractivity contribution in [2.45, 2.75) is 11.1 Å². The third-order valence-corrected chi connectivity index (χ3v) is 6.10. The fraction of sp³-hybridized carbons (Fsp3) is 0.188. The summed E-state index contributed by atoms with van der Waals surface area (Å²) in [5.41, 5.74) is 0.262. The lowest BCUT2D eigenvalue weighted by Crippen LogP contribution is -2.12. The highest BCUT2D eigenvalue weighted by atomic mass is 32.2. The van der Waals surface area contributed by atoms with Gasteiger partial charge < -0.3 is 19.3 Å². The first-order valence-corrected chi connectivity index (χ1v) is 9.85. The van der Waals surface area contributed by atoms with Crippen LogP contribution in [0, 0.1) is 0 Å². The Hall–Kier alpha value is -2.72. The van der Waals surface area contributed by atoms with Gasteiger partial charge in [0.25, 0.3) is 10.0 Å². The van der Waals surface area contributed by atoms with E-state index >= 15 is 0 Å². The fourth-order valence-corrected chi connectivity index (χ4v) is 4.28. The summed E-state index contributed by atoms with van der Waals surface area (Å²) < 4.78 is 42.7. The number of phenols is 1. The molecule has 26 heavy (non-hydrogen) atoms. The largest absolute Gasteiger partial charge is 0.504 e. The summed E-state index contributed by atoms with van der Waals surface area (Å²) >= 11 is 1.06. The van der Waals surface area contributed by atoms with Crippen molar-refractivity contribution >= 4 is 39.1 Å². The molecule has 1 aliphatic heterocycles. The van der Waals surface area contributed by atoms with E-state index in [1.165, 1.54) is 18.2 Å². The van der Waals surface area contributed by atoms with Crippen LogP contribution in [0.15, 0.2) is 33.9 Å². The van der Waals surface area contributed by atoms with E-state index in [1.54, 1.807) is 18.4 Å². The Morgan fingerprint density at radius 1 is 1.42 bits per heavy atom. The van der Waals surface area contributed by atoms with E-state index in [-0.39, 0.29) is 46.1 Å². The smallest absolute Gasteiger partial charge is 0.330 e. The van der Waals surface area contributed by atoms with Gasteiger partial charge in [0.1, 0.15) is 4.21 Å². The third kappa shape index (κ3) is 3.60. The fourth-order valence-electron chi connectivity index (χ4n) is 2.24. The molecule has 0 radical (unpaired) electrons. The van der Waals surface area contributed by atoms with Gasteiger partial charge in [0, 0.05) is 11.6 Å². The average molecular weight is 397 g/mol. The minimum Gasteiger partial charge on any atom is -0.504 e. The van der Waals surface area contributed by atoms with Crippen molar-refractivity contribution in [1.82, 2.24) is 0 Å². The molecule has 1 aromatic heterocycles. The van der Waals surface area contributed by atoms with E-state index in [2.05, 4.69) is 4.72 Å². The number of sulfonamides is 1. The molecule has 0 bridgehead atoms. The first-order chi connectivity index (χ1) is 12.4. The van der Waals surface area contributed by atoms with E-state index in [0.717, 1.165) is 17.4 Å². The number of hydrogen-bond acceptors (Lipinski definition) is 8. The summed E-state index contributed by atoms with van der Waals surface area (Å²) in [4.78, 5) is 11.5. The number of aromatic hydroxyl groups is 1. The van der Waals surface area contributed by atoms with Gasteiger partial charge in [-0.15, -0.1) is 11.3 Å². The van der Waals surface area contributed by atoms with E-state index < -0.39 is 16.0 Å². The van der Waals surface area contributed by atoms with Gasteiger partial charge in [-0.1, -0.05) is 6.07 Å². The first kappa shape index (κ1) is 18.1. The number of benzene rings is 1. The molecule has 0 atom stereocenters. The SMILES string of the molecule is CCOC(=O)/C=C/c1cc(NS(=O)(=O)c2cccs2)c2c(c1O)OCO2. The standard InChI is InChI=1S/C16H15NO7S2/c1-2-22-12(18)6-5-10-8-11(15-16(14(10)19)24-9-23-15)17-26(20,21)13-4-3-7-25-13/h3-8,17,19H,2,9H2,1H3/b6-5+. The van der Waals surface area contributed by atoms with Crippen LogP contribution in [0.2, 0.25) is 0 Å². The van der Waals surface area contributed by atoms with Gasteiger partial charge in [-0.2, -0.15) is 0 Å². The van der Waals surface area contributed by atoms with Crippen LogP contribution in [0.4, 0.5) is 5.69 Å². The number of anilines is 1. The van der Waals surface area contributed by atoms with Crippen molar-refractivity contribution in [2.75, 3.05) is 18.1 Å². The maximum Gasteiger partial charge on any atom is 0.330 e. The molecule has 0 saturated carbocycles. The van der Waals surface area contributed by atoms with Crippen LogP contribution < -0.4 is 14.2 Å². The number of esters is 1. The van der Waals surface area contributed by atoms with Crippen molar-refractivity contribution in [1.29, 1.82) is 0 Å². The minimum absolute atomic E-state index is 0.000103. The van der Waals surface area contributed by atoms with Crippen LogP contribution >= 0.6 is 11.3 Å². The average Bonchev–Trinajstić information content (AvgIpc) is 3.28. The van der Waals surface area contributed by atoms with Crippen LogP contribution in [0.1, 0.15) is 12.5 Å². The van der Waals surface area contributed by atoms with E-state index in [1.807, 2.05) is 0 Å². The zero-order chi connectivity index (χ0) is 18.7. The predicted octanol–water partition coefficient (Wildman–Crippen LogP) is 2.56. The molecule has 1 aromatic carbocycles. The van der Waals surface area contributed by atoms with Crippen LogP contribution in [0.3, 0.4) is 0 Å². The summed E-state index contributed by atoms with van der Waals surface area (Å²) in [6.45, 7) is 1.71. The molecule has 10 heteroatoms. The molecule has 8 nitrogen and oxygen atoms in total. The monoisotopic (exact) mass is 397 g/mol. The van der Waals surface area contributed by atoms with Crippen molar-refractivity contribution < 1.29 is 32.5 Å². The summed E-state index contributed by atoms with van der Waals surface area (Å²) in [6, 6.07) is 4.43. The molecule has 2 N–H and O–H groups in total. The lowest BCUT2D eigenvalue weighted by Gasteiger charge is -2.12. The van der Waals surface area contributed by atoms with E-state index in [9.17, 15) is 18.3 Å². The Morgan fingerprint density at radius 2 is 2.19 bits per heavy atom. The second kappa shape index (κ2) is 7.26. The number of carbonyl (C=O) groups excluding carboxylic acids is 1. The van der Waals surface area contributed by atoms with Crippen molar-refractivity contribution in [2.24, 2.45) is 0 Å². The molecule has 1 aliphatic rings. The summed E-state index contributed by atoms with van der Waals surface area (Å²) in [5.74, 6) is -0.779.